The van der Waals surface area contributed by atoms with Gasteiger partial charge in [-0.3, -0.25) is 9.59 Å². The van der Waals surface area contributed by atoms with Crippen LogP contribution in [0.15, 0.2) is 0 Å². The van der Waals surface area contributed by atoms with Crippen molar-refractivity contribution in [3.63, 3.8) is 0 Å². The van der Waals surface area contributed by atoms with Gasteiger partial charge in [-0.25, -0.2) is 4.79 Å². The first-order chi connectivity index (χ1) is 8.11. The van der Waals surface area contributed by atoms with Crippen molar-refractivity contribution >= 4 is 17.9 Å². The summed E-state index contributed by atoms with van der Waals surface area (Å²) in [7, 11) is 0. The van der Waals surface area contributed by atoms with Crippen LogP contribution in [0.5, 0.6) is 0 Å². The highest BCUT2D eigenvalue weighted by Crippen LogP contribution is 1.98. The monoisotopic (exact) mass is 259 g/mol. The fourth-order valence-electron chi connectivity index (χ4n) is 1.08. The average Bonchev–Trinajstić information content (AvgIpc) is 2.14. The zero-order chi connectivity index (χ0) is 14.3. The topological polar surface area (TPSA) is 108 Å². The van der Waals surface area contributed by atoms with Crippen molar-refractivity contribution in [3.05, 3.63) is 0 Å². The standard InChI is InChI=1S/C11H21N3O4/c1-7(9(16)17)13-10(18)12-6-5-8(15)14-11(2,3)4/h7H,5-6H2,1-4H3,(H,14,15)(H,16,17)(H2,12,13,18). The normalized spacial score (nSPS) is 12.4. The quantitative estimate of drug-likeness (QED) is 0.560. The van der Waals surface area contributed by atoms with E-state index in [1.165, 1.54) is 6.92 Å². The highest BCUT2D eigenvalue weighted by atomic mass is 16.4. The molecule has 1 atom stereocenters. The number of carboxylic acids is 1. The summed E-state index contributed by atoms with van der Waals surface area (Å²) in [5.74, 6) is -1.29. The smallest absolute Gasteiger partial charge is 0.325 e. The van der Waals surface area contributed by atoms with Gasteiger partial charge in [-0.2, -0.15) is 0 Å². The molecule has 0 spiro atoms. The Hall–Kier alpha value is -1.79. The maximum atomic E-state index is 11.4. The molecule has 0 aromatic heterocycles. The van der Waals surface area contributed by atoms with Crippen molar-refractivity contribution in [2.45, 2.75) is 45.7 Å². The van der Waals surface area contributed by atoms with E-state index >= 15 is 0 Å². The summed E-state index contributed by atoms with van der Waals surface area (Å²) in [6, 6.07) is -1.57. The molecule has 0 saturated heterocycles. The molecule has 4 N–H and O–H groups in total. The number of carbonyl (C=O) groups excluding carboxylic acids is 2. The van der Waals surface area contributed by atoms with E-state index in [0.717, 1.165) is 0 Å². The van der Waals surface area contributed by atoms with Gasteiger partial charge in [-0.05, 0) is 27.7 Å². The van der Waals surface area contributed by atoms with Gasteiger partial charge in [-0.1, -0.05) is 0 Å². The van der Waals surface area contributed by atoms with Crippen molar-refractivity contribution in [1.29, 1.82) is 0 Å². The lowest BCUT2D eigenvalue weighted by molar-refractivity contribution is -0.138. The number of rotatable bonds is 5. The summed E-state index contributed by atoms with van der Waals surface area (Å²) < 4.78 is 0. The van der Waals surface area contributed by atoms with Gasteiger partial charge in [0.25, 0.3) is 0 Å². The van der Waals surface area contributed by atoms with E-state index in [1.807, 2.05) is 20.8 Å². The van der Waals surface area contributed by atoms with Gasteiger partial charge >= 0.3 is 12.0 Å². The SMILES string of the molecule is CC(NC(=O)NCCC(=O)NC(C)(C)C)C(=O)O. The van der Waals surface area contributed by atoms with Crippen LogP contribution in [-0.4, -0.2) is 41.1 Å². The van der Waals surface area contributed by atoms with Crippen LogP contribution in [0.25, 0.3) is 0 Å². The van der Waals surface area contributed by atoms with Crippen LogP contribution in [0.1, 0.15) is 34.1 Å². The van der Waals surface area contributed by atoms with Crippen molar-refractivity contribution in [2.24, 2.45) is 0 Å². The third kappa shape index (κ3) is 8.37. The molecule has 0 aliphatic rings. The predicted octanol–water partition coefficient (Wildman–Crippen LogP) is 0.0635. The first kappa shape index (κ1) is 16.2. The molecular weight excluding hydrogens is 238 g/mol. The van der Waals surface area contributed by atoms with E-state index in [1.54, 1.807) is 0 Å². The third-order valence-corrected chi connectivity index (χ3v) is 1.87. The van der Waals surface area contributed by atoms with E-state index in [2.05, 4.69) is 16.0 Å². The van der Waals surface area contributed by atoms with E-state index in [-0.39, 0.29) is 24.4 Å². The highest BCUT2D eigenvalue weighted by Gasteiger charge is 2.15. The largest absolute Gasteiger partial charge is 0.480 e. The molecule has 7 heteroatoms. The third-order valence-electron chi connectivity index (χ3n) is 1.87. The fraction of sp³-hybridized carbons (Fsp3) is 0.727. The average molecular weight is 259 g/mol. The molecule has 7 nitrogen and oxygen atoms in total. The molecule has 1 unspecified atom stereocenters. The summed E-state index contributed by atoms with van der Waals surface area (Å²) in [6.07, 6.45) is 0.145. The zero-order valence-electron chi connectivity index (χ0n) is 11.2. The predicted molar refractivity (Wildman–Crippen MR) is 66.1 cm³/mol. The minimum absolute atomic E-state index is 0.145. The number of carboxylic acid groups (broad SMARTS) is 1. The lowest BCUT2D eigenvalue weighted by Crippen LogP contribution is -2.46. The molecule has 0 bridgehead atoms. The van der Waals surface area contributed by atoms with Crippen LogP contribution in [0.3, 0.4) is 0 Å². The van der Waals surface area contributed by atoms with Crippen LogP contribution in [0, 0.1) is 0 Å². The fourth-order valence-corrected chi connectivity index (χ4v) is 1.08. The van der Waals surface area contributed by atoms with Crippen molar-refractivity contribution in [2.75, 3.05) is 6.54 Å². The van der Waals surface area contributed by atoms with Crippen LogP contribution >= 0.6 is 0 Å². The number of hydrogen-bond acceptors (Lipinski definition) is 3. The van der Waals surface area contributed by atoms with Crippen molar-refractivity contribution in [1.82, 2.24) is 16.0 Å². The van der Waals surface area contributed by atoms with Crippen molar-refractivity contribution < 1.29 is 19.5 Å². The first-order valence-corrected chi connectivity index (χ1v) is 5.70. The summed E-state index contributed by atoms with van der Waals surface area (Å²) in [6.45, 7) is 7.09. The molecule has 18 heavy (non-hydrogen) atoms. The molecular formula is C11H21N3O4. The number of hydrogen-bond donors (Lipinski definition) is 4. The minimum Gasteiger partial charge on any atom is -0.480 e. The Bertz CT molecular complexity index is 323. The van der Waals surface area contributed by atoms with Gasteiger partial charge in [0.1, 0.15) is 6.04 Å². The summed E-state index contributed by atoms with van der Waals surface area (Å²) in [5, 5.41) is 15.9. The number of nitrogens with one attached hydrogen (secondary N) is 3. The maximum Gasteiger partial charge on any atom is 0.325 e. The van der Waals surface area contributed by atoms with Crippen LogP contribution in [0.4, 0.5) is 4.79 Å². The zero-order valence-corrected chi connectivity index (χ0v) is 11.2. The Morgan fingerprint density at radius 2 is 1.78 bits per heavy atom. The molecule has 0 saturated carbocycles. The molecule has 0 fully saturated rings. The van der Waals surface area contributed by atoms with Crippen molar-refractivity contribution in [3.8, 4) is 0 Å². The Balaban J connectivity index is 3.82. The van der Waals surface area contributed by atoms with Gasteiger partial charge in [0.2, 0.25) is 5.91 Å². The molecule has 0 heterocycles. The Kier molecular flexibility index (Phi) is 6.15. The minimum atomic E-state index is -1.12. The molecule has 0 aliphatic heterocycles. The summed E-state index contributed by atoms with van der Waals surface area (Å²) in [4.78, 5) is 33.1. The van der Waals surface area contributed by atoms with Gasteiger partial charge in [-0.15, -0.1) is 0 Å². The van der Waals surface area contributed by atoms with E-state index in [9.17, 15) is 14.4 Å². The number of urea groups is 1. The van der Waals surface area contributed by atoms with E-state index in [0.29, 0.717) is 0 Å². The van der Waals surface area contributed by atoms with Crippen LogP contribution in [0.2, 0.25) is 0 Å². The molecule has 3 amide bonds. The lowest BCUT2D eigenvalue weighted by atomic mass is 10.1. The molecule has 0 aromatic carbocycles. The van der Waals surface area contributed by atoms with Crippen LogP contribution < -0.4 is 16.0 Å². The van der Waals surface area contributed by atoms with Gasteiger partial charge in [0, 0.05) is 18.5 Å². The number of aliphatic carboxylic acids is 1. The van der Waals surface area contributed by atoms with E-state index < -0.39 is 18.0 Å². The van der Waals surface area contributed by atoms with Gasteiger partial charge in [0.15, 0.2) is 0 Å². The summed E-state index contributed by atoms with van der Waals surface area (Å²) >= 11 is 0. The molecule has 0 aromatic rings. The molecule has 0 rings (SSSR count). The molecule has 104 valence electrons. The maximum absolute atomic E-state index is 11.4. The van der Waals surface area contributed by atoms with Crippen LogP contribution in [-0.2, 0) is 9.59 Å². The Morgan fingerprint density at radius 1 is 1.22 bits per heavy atom. The highest BCUT2D eigenvalue weighted by molar-refractivity contribution is 5.82. The van der Waals surface area contributed by atoms with E-state index in [4.69, 9.17) is 5.11 Å². The lowest BCUT2D eigenvalue weighted by Gasteiger charge is -2.20. The summed E-state index contributed by atoms with van der Waals surface area (Å²) in [5.41, 5.74) is -0.308. The van der Waals surface area contributed by atoms with Gasteiger partial charge in [0.05, 0.1) is 0 Å². The second-order valence-electron chi connectivity index (χ2n) is 5.01. The second-order valence-corrected chi connectivity index (χ2v) is 5.01. The Morgan fingerprint density at radius 3 is 2.22 bits per heavy atom. The first-order valence-electron chi connectivity index (χ1n) is 5.70. The Labute approximate surface area is 106 Å². The molecule has 0 aliphatic carbocycles. The van der Waals surface area contributed by atoms with Gasteiger partial charge < -0.3 is 21.1 Å². The number of carbonyl (C=O) groups is 3. The number of amides is 3. The second kappa shape index (κ2) is 6.83. The molecule has 0 radical (unpaired) electrons.